The minimum absolute atomic E-state index is 0.0945. The Morgan fingerprint density at radius 1 is 1.30 bits per heavy atom. The number of carbonyl (C=O) groups excluding carboxylic acids is 1. The molecule has 5 nitrogen and oxygen atoms in total. The first-order valence-corrected chi connectivity index (χ1v) is 10.8. The molecule has 1 aliphatic carbocycles. The van der Waals surface area contributed by atoms with Crippen molar-refractivity contribution in [2.75, 3.05) is 6.61 Å². The number of aliphatic hydroxyl groups excluding tert-OH is 3. The third-order valence-electron chi connectivity index (χ3n) is 6.34. The number of ketones is 1. The van der Waals surface area contributed by atoms with E-state index in [4.69, 9.17) is 9.84 Å². The van der Waals surface area contributed by atoms with E-state index < -0.39 is 0 Å². The SMILES string of the molecule is CCCC(C)C(O)CC=C[C@@H]1[C@H]2C[C@H](CCCCC(=O)CO)O[C@@H]2C[C@H]1O. The summed E-state index contributed by atoms with van der Waals surface area (Å²) in [7, 11) is 0. The molecule has 2 unspecified atom stereocenters. The molecule has 0 radical (unpaired) electrons. The second kappa shape index (κ2) is 11.3. The minimum Gasteiger partial charge on any atom is -0.393 e. The first kappa shape index (κ1) is 22.5. The minimum atomic E-state index is -0.359. The highest BCUT2D eigenvalue weighted by atomic mass is 16.5. The fraction of sp³-hybridized carbons (Fsp3) is 0.864. The lowest BCUT2D eigenvalue weighted by atomic mass is 9.88. The molecule has 0 amide bonds. The summed E-state index contributed by atoms with van der Waals surface area (Å²) in [5, 5.41) is 29.4. The first-order chi connectivity index (χ1) is 13.0. The van der Waals surface area contributed by atoms with Crippen molar-refractivity contribution in [3.63, 3.8) is 0 Å². The lowest BCUT2D eigenvalue weighted by Gasteiger charge is -2.19. The molecule has 2 aliphatic rings. The maximum Gasteiger partial charge on any atom is 0.158 e. The maximum absolute atomic E-state index is 11.1. The molecule has 0 aromatic heterocycles. The van der Waals surface area contributed by atoms with Crippen LogP contribution in [0.25, 0.3) is 0 Å². The molecular weight excluding hydrogens is 344 g/mol. The van der Waals surface area contributed by atoms with Gasteiger partial charge in [-0.25, -0.2) is 0 Å². The molecule has 0 aromatic carbocycles. The molecule has 1 aliphatic heterocycles. The van der Waals surface area contributed by atoms with E-state index in [0.29, 0.717) is 31.1 Å². The zero-order chi connectivity index (χ0) is 19.8. The zero-order valence-corrected chi connectivity index (χ0v) is 16.9. The van der Waals surface area contributed by atoms with Crippen LogP contribution in [0.3, 0.4) is 0 Å². The number of Topliss-reactive ketones (excluding diaryl/α,β-unsaturated/α-hetero) is 1. The Kier molecular flexibility index (Phi) is 9.43. The summed E-state index contributed by atoms with van der Waals surface area (Å²) in [6.45, 7) is 3.86. The van der Waals surface area contributed by atoms with E-state index in [-0.39, 0.29) is 42.7 Å². The van der Waals surface area contributed by atoms with Crippen molar-refractivity contribution in [1.82, 2.24) is 0 Å². The Morgan fingerprint density at radius 3 is 2.78 bits per heavy atom. The summed E-state index contributed by atoms with van der Waals surface area (Å²) in [5.74, 6) is 0.677. The predicted octanol–water partition coefficient (Wildman–Crippen LogP) is 3.01. The van der Waals surface area contributed by atoms with Gasteiger partial charge in [0, 0.05) is 18.8 Å². The van der Waals surface area contributed by atoms with E-state index in [1.54, 1.807) is 0 Å². The van der Waals surface area contributed by atoms with Crippen molar-refractivity contribution in [2.45, 2.75) is 96.1 Å². The van der Waals surface area contributed by atoms with E-state index in [1.807, 2.05) is 6.08 Å². The molecule has 1 saturated heterocycles. The van der Waals surface area contributed by atoms with Crippen LogP contribution < -0.4 is 0 Å². The number of rotatable bonds is 12. The monoisotopic (exact) mass is 382 g/mol. The highest BCUT2D eigenvalue weighted by Gasteiger charge is 2.47. The smallest absolute Gasteiger partial charge is 0.158 e. The number of carbonyl (C=O) groups is 1. The summed E-state index contributed by atoms with van der Waals surface area (Å²) >= 11 is 0. The largest absolute Gasteiger partial charge is 0.393 e. The molecule has 2 rings (SSSR count). The standard InChI is InChI=1S/C22H38O5/c1-3-7-15(2)20(25)11-6-10-18-19-12-17(27-22(19)13-21(18)26)9-5-4-8-16(24)14-23/h6,10,15,17-23,25-26H,3-5,7-9,11-14H2,1-2H3/t15?,17-,18+,19+,20?,21+,22+/m0/s1. The molecule has 7 atom stereocenters. The Balaban J connectivity index is 1.75. The second-order valence-electron chi connectivity index (χ2n) is 8.52. The van der Waals surface area contributed by atoms with Crippen LogP contribution in [0.4, 0.5) is 0 Å². The molecule has 0 spiro atoms. The van der Waals surface area contributed by atoms with Gasteiger partial charge in [-0.15, -0.1) is 0 Å². The van der Waals surface area contributed by atoms with Crippen LogP contribution in [-0.2, 0) is 9.53 Å². The summed E-state index contributed by atoms with van der Waals surface area (Å²) in [4.78, 5) is 11.1. The van der Waals surface area contributed by atoms with Gasteiger partial charge in [-0.3, -0.25) is 4.79 Å². The molecule has 1 saturated carbocycles. The average molecular weight is 383 g/mol. The van der Waals surface area contributed by atoms with Crippen molar-refractivity contribution in [3.8, 4) is 0 Å². The van der Waals surface area contributed by atoms with E-state index in [1.165, 1.54) is 0 Å². The van der Waals surface area contributed by atoms with Gasteiger partial charge in [0.05, 0.1) is 24.4 Å². The fourth-order valence-electron chi connectivity index (χ4n) is 4.66. The van der Waals surface area contributed by atoms with Gasteiger partial charge in [0.1, 0.15) is 6.61 Å². The van der Waals surface area contributed by atoms with Crippen molar-refractivity contribution in [3.05, 3.63) is 12.2 Å². The number of ether oxygens (including phenoxy) is 1. The Labute approximate surface area is 163 Å². The molecule has 3 N–H and O–H groups in total. The van der Waals surface area contributed by atoms with Crippen molar-refractivity contribution in [1.29, 1.82) is 0 Å². The van der Waals surface area contributed by atoms with Gasteiger partial charge in [0.25, 0.3) is 0 Å². The van der Waals surface area contributed by atoms with E-state index in [2.05, 4.69) is 19.9 Å². The highest BCUT2D eigenvalue weighted by molar-refractivity contribution is 5.79. The van der Waals surface area contributed by atoms with Crippen LogP contribution in [0.5, 0.6) is 0 Å². The van der Waals surface area contributed by atoms with Crippen LogP contribution in [0, 0.1) is 17.8 Å². The third kappa shape index (κ3) is 6.67. The number of hydrogen-bond donors (Lipinski definition) is 3. The zero-order valence-electron chi connectivity index (χ0n) is 16.9. The highest BCUT2D eigenvalue weighted by Crippen LogP contribution is 2.45. The number of aliphatic hydroxyl groups is 3. The van der Waals surface area contributed by atoms with Crippen molar-refractivity contribution in [2.24, 2.45) is 17.8 Å². The topological polar surface area (TPSA) is 87.0 Å². The number of unbranched alkanes of at least 4 members (excludes halogenated alkanes) is 1. The Bertz CT molecular complexity index is 477. The van der Waals surface area contributed by atoms with Crippen LogP contribution in [0.1, 0.15) is 71.6 Å². The molecule has 156 valence electrons. The van der Waals surface area contributed by atoms with Gasteiger partial charge < -0.3 is 20.1 Å². The van der Waals surface area contributed by atoms with Crippen molar-refractivity contribution < 1.29 is 24.9 Å². The van der Waals surface area contributed by atoms with Crippen LogP contribution in [0.15, 0.2) is 12.2 Å². The lowest BCUT2D eigenvalue weighted by molar-refractivity contribution is -0.121. The molecule has 27 heavy (non-hydrogen) atoms. The maximum atomic E-state index is 11.1. The summed E-state index contributed by atoms with van der Waals surface area (Å²) in [5.41, 5.74) is 0. The Morgan fingerprint density at radius 2 is 2.07 bits per heavy atom. The van der Waals surface area contributed by atoms with Gasteiger partial charge in [-0.1, -0.05) is 38.8 Å². The van der Waals surface area contributed by atoms with Crippen LogP contribution in [-0.4, -0.2) is 52.1 Å². The summed E-state index contributed by atoms with van der Waals surface area (Å²) < 4.78 is 6.14. The van der Waals surface area contributed by atoms with E-state index >= 15 is 0 Å². The van der Waals surface area contributed by atoms with Crippen molar-refractivity contribution >= 4 is 5.78 Å². The van der Waals surface area contributed by atoms with Crippen LogP contribution >= 0.6 is 0 Å². The molecule has 1 heterocycles. The Hall–Kier alpha value is -0.750. The normalized spacial score (nSPS) is 32.7. The first-order valence-electron chi connectivity index (χ1n) is 10.8. The van der Waals surface area contributed by atoms with Gasteiger partial charge in [-0.2, -0.15) is 0 Å². The molecular formula is C22H38O5. The second-order valence-corrected chi connectivity index (χ2v) is 8.52. The third-order valence-corrected chi connectivity index (χ3v) is 6.34. The predicted molar refractivity (Wildman–Crippen MR) is 105 cm³/mol. The summed E-state index contributed by atoms with van der Waals surface area (Å²) in [6.07, 6.45) is 11.3. The number of fused-ring (bicyclic) bond motifs is 1. The average Bonchev–Trinajstić information content (AvgIpc) is 3.16. The van der Waals surface area contributed by atoms with Crippen LogP contribution in [0.2, 0.25) is 0 Å². The quantitative estimate of drug-likeness (QED) is 0.357. The molecule has 2 fully saturated rings. The molecule has 0 bridgehead atoms. The van der Waals surface area contributed by atoms with Gasteiger partial charge >= 0.3 is 0 Å². The van der Waals surface area contributed by atoms with Gasteiger partial charge in [0.15, 0.2) is 5.78 Å². The molecule has 0 aromatic rings. The summed E-state index contributed by atoms with van der Waals surface area (Å²) in [6, 6.07) is 0. The van der Waals surface area contributed by atoms with E-state index in [9.17, 15) is 15.0 Å². The fourth-order valence-corrected chi connectivity index (χ4v) is 4.66. The number of hydrogen-bond acceptors (Lipinski definition) is 5. The van der Waals surface area contributed by atoms with Gasteiger partial charge in [-0.05, 0) is 43.9 Å². The van der Waals surface area contributed by atoms with Gasteiger partial charge in [0.2, 0.25) is 0 Å². The van der Waals surface area contributed by atoms with E-state index in [0.717, 1.165) is 38.5 Å². The molecule has 5 heteroatoms. The lowest BCUT2D eigenvalue weighted by Crippen LogP contribution is -2.20.